The SMILES string of the molecule is C[C@@H](O)[C@@H](N)C(=O)OC(C)(C)C.Cl. The molecule has 0 amide bonds. The average Bonchev–Trinajstić information content (AvgIpc) is 1.82. The summed E-state index contributed by atoms with van der Waals surface area (Å²) < 4.78 is 4.94. The van der Waals surface area contributed by atoms with Crippen molar-refractivity contribution < 1.29 is 14.6 Å². The fourth-order valence-corrected chi connectivity index (χ4v) is 0.567. The molecule has 0 aliphatic heterocycles. The van der Waals surface area contributed by atoms with Crippen molar-refractivity contribution in [1.82, 2.24) is 0 Å². The monoisotopic (exact) mass is 211 g/mol. The van der Waals surface area contributed by atoms with E-state index < -0.39 is 23.7 Å². The van der Waals surface area contributed by atoms with E-state index in [1.165, 1.54) is 6.92 Å². The third-order valence-corrected chi connectivity index (χ3v) is 1.20. The number of halogens is 1. The number of esters is 1. The number of aliphatic hydroxyl groups is 1. The van der Waals surface area contributed by atoms with E-state index in [1.54, 1.807) is 20.8 Å². The standard InChI is InChI=1S/C8H17NO3.ClH/c1-5(10)6(9)7(11)12-8(2,3)4;/h5-6,10H,9H2,1-4H3;1H/t5-,6-;/m1./s1. The van der Waals surface area contributed by atoms with Crippen LogP contribution in [0.5, 0.6) is 0 Å². The largest absolute Gasteiger partial charge is 0.459 e. The van der Waals surface area contributed by atoms with Gasteiger partial charge in [-0.1, -0.05) is 0 Å². The lowest BCUT2D eigenvalue weighted by atomic mass is 10.1. The van der Waals surface area contributed by atoms with Crippen LogP contribution in [0.25, 0.3) is 0 Å². The Morgan fingerprint density at radius 1 is 1.46 bits per heavy atom. The summed E-state index contributed by atoms with van der Waals surface area (Å²) in [5, 5.41) is 8.96. The first-order chi connectivity index (χ1) is 5.24. The van der Waals surface area contributed by atoms with Crippen molar-refractivity contribution >= 4 is 18.4 Å². The van der Waals surface area contributed by atoms with Crippen molar-refractivity contribution in [1.29, 1.82) is 0 Å². The molecule has 13 heavy (non-hydrogen) atoms. The molecule has 0 heterocycles. The molecule has 0 rings (SSSR count). The Morgan fingerprint density at radius 3 is 2.08 bits per heavy atom. The smallest absolute Gasteiger partial charge is 0.326 e. The fourth-order valence-electron chi connectivity index (χ4n) is 0.567. The first-order valence-corrected chi connectivity index (χ1v) is 3.90. The van der Waals surface area contributed by atoms with Crippen LogP contribution in [0, 0.1) is 0 Å². The van der Waals surface area contributed by atoms with Gasteiger partial charge in [-0.05, 0) is 27.7 Å². The summed E-state index contributed by atoms with van der Waals surface area (Å²) in [6.07, 6.45) is -0.875. The maximum atomic E-state index is 11.1. The molecule has 0 radical (unpaired) electrons. The Balaban J connectivity index is 0. The molecule has 0 aromatic heterocycles. The van der Waals surface area contributed by atoms with E-state index in [-0.39, 0.29) is 12.4 Å². The Hall–Kier alpha value is -0.320. The lowest BCUT2D eigenvalue weighted by Crippen LogP contribution is -2.44. The highest BCUT2D eigenvalue weighted by Gasteiger charge is 2.25. The highest BCUT2D eigenvalue weighted by Crippen LogP contribution is 2.08. The molecule has 0 saturated carbocycles. The van der Waals surface area contributed by atoms with Crippen molar-refractivity contribution in [3.8, 4) is 0 Å². The molecule has 0 aliphatic rings. The van der Waals surface area contributed by atoms with Gasteiger partial charge >= 0.3 is 5.97 Å². The van der Waals surface area contributed by atoms with Gasteiger partial charge in [0.05, 0.1) is 6.10 Å². The van der Waals surface area contributed by atoms with Crippen LogP contribution in [0.2, 0.25) is 0 Å². The molecular weight excluding hydrogens is 194 g/mol. The Morgan fingerprint density at radius 2 is 1.85 bits per heavy atom. The third kappa shape index (κ3) is 6.81. The topological polar surface area (TPSA) is 72.5 Å². The Kier molecular flexibility index (Phi) is 6.32. The van der Waals surface area contributed by atoms with Crippen molar-refractivity contribution in [3.63, 3.8) is 0 Å². The molecular formula is C8H18ClNO3. The molecule has 2 atom stereocenters. The van der Waals surface area contributed by atoms with Crippen LogP contribution >= 0.6 is 12.4 Å². The van der Waals surface area contributed by atoms with Crippen LogP contribution < -0.4 is 5.73 Å². The number of ether oxygens (including phenoxy) is 1. The van der Waals surface area contributed by atoms with E-state index in [1.807, 2.05) is 0 Å². The van der Waals surface area contributed by atoms with Crippen molar-refractivity contribution in [2.45, 2.75) is 45.4 Å². The van der Waals surface area contributed by atoms with Gasteiger partial charge in [-0.3, -0.25) is 4.79 Å². The van der Waals surface area contributed by atoms with Crippen molar-refractivity contribution in [2.75, 3.05) is 0 Å². The molecule has 0 aromatic carbocycles. The molecule has 0 aromatic rings. The first kappa shape index (κ1) is 15.2. The second-order valence-electron chi connectivity index (χ2n) is 3.80. The quantitative estimate of drug-likeness (QED) is 0.651. The molecule has 0 saturated heterocycles. The predicted molar refractivity (Wildman–Crippen MR) is 52.7 cm³/mol. The summed E-state index contributed by atoms with van der Waals surface area (Å²) >= 11 is 0. The number of hydrogen-bond acceptors (Lipinski definition) is 4. The first-order valence-electron chi connectivity index (χ1n) is 3.90. The third-order valence-electron chi connectivity index (χ3n) is 1.20. The van der Waals surface area contributed by atoms with E-state index in [0.29, 0.717) is 0 Å². The molecule has 80 valence electrons. The number of nitrogens with two attached hydrogens (primary N) is 1. The van der Waals surface area contributed by atoms with Gasteiger partial charge in [0.15, 0.2) is 0 Å². The van der Waals surface area contributed by atoms with Crippen molar-refractivity contribution in [3.05, 3.63) is 0 Å². The zero-order valence-corrected chi connectivity index (χ0v) is 9.22. The van der Waals surface area contributed by atoms with Gasteiger partial charge in [-0.15, -0.1) is 12.4 Å². The molecule has 0 bridgehead atoms. The molecule has 3 N–H and O–H groups in total. The molecule has 0 spiro atoms. The van der Waals surface area contributed by atoms with Crippen LogP contribution in [0.1, 0.15) is 27.7 Å². The fraction of sp³-hybridized carbons (Fsp3) is 0.875. The summed E-state index contributed by atoms with van der Waals surface area (Å²) in [5.41, 5.74) is 4.79. The zero-order chi connectivity index (χ0) is 9.94. The van der Waals surface area contributed by atoms with E-state index in [0.717, 1.165) is 0 Å². The zero-order valence-electron chi connectivity index (χ0n) is 8.40. The number of carbonyl (C=O) groups excluding carboxylic acids is 1. The maximum absolute atomic E-state index is 11.1. The number of carbonyl (C=O) groups is 1. The molecule has 0 unspecified atom stereocenters. The minimum Gasteiger partial charge on any atom is -0.459 e. The van der Waals surface area contributed by atoms with Crippen LogP contribution in [-0.4, -0.2) is 28.8 Å². The van der Waals surface area contributed by atoms with Crippen LogP contribution in [0.3, 0.4) is 0 Å². The van der Waals surface area contributed by atoms with E-state index in [4.69, 9.17) is 15.6 Å². The van der Waals surface area contributed by atoms with Crippen LogP contribution in [-0.2, 0) is 9.53 Å². The summed E-state index contributed by atoms with van der Waals surface area (Å²) in [6, 6.07) is -0.954. The lowest BCUT2D eigenvalue weighted by Gasteiger charge is -2.23. The van der Waals surface area contributed by atoms with Crippen LogP contribution in [0.15, 0.2) is 0 Å². The highest BCUT2D eigenvalue weighted by molar-refractivity contribution is 5.85. The van der Waals surface area contributed by atoms with Crippen molar-refractivity contribution in [2.24, 2.45) is 5.73 Å². The van der Waals surface area contributed by atoms with E-state index in [2.05, 4.69) is 0 Å². The summed E-state index contributed by atoms with van der Waals surface area (Å²) in [4.78, 5) is 11.1. The molecule has 0 fully saturated rings. The Bertz CT molecular complexity index is 165. The maximum Gasteiger partial charge on any atom is 0.326 e. The van der Waals surface area contributed by atoms with Gasteiger partial charge in [0.1, 0.15) is 11.6 Å². The minimum atomic E-state index is -0.954. The number of rotatable bonds is 2. The molecule has 5 heteroatoms. The second-order valence-corrected chi connectivity index (χ2v) is 3.80. The summed E-state index contributed by atoms with van der Waals surface area (Å²) in [6.45, 7) is 6.70. The van der Waals surface area contributed by atoms with Gasteiger partial charge in [-0.25, -0.2) is 0 Å². The van der Waals surface area contributed by atoms with Gasteiger partial charge in [-0.2, -0.15) is 0 Å². The van der Waals surface area contributed by atoms with Gasteiger partial charge in [0, 0.05) is 0 Å². The molecule has 4 nitrogen and oxygen atoms in total. The van der Waals surface area contributed by atoms with Gasteiger partial charge in [0.2, 0.25) is 0 Å². The normalized spacial score (nSPS) is 15.5. The summed E-state index contributed by atoms with van der Waals surface area (Å²) in [5.74, 6) is -0.572. The van der Waals surface area contributed by atoms with Crippen LogP contribution in [0.4, 0.5) is 0 Å². The van der Waals surface area contributed by atoms with E-state index in [9.17, 15) is 4.79 Å². The Labute approximate surface area is 84.9 Å². The predicted octanol–water partition coefficient (Wildman–Crippen LogP) is 0.458. The average molecular weight is 212 g/mol. The lowest BCUT2D eigenvalue weighted by molar-refractivity contribution is -0.158. The summed E-state index contributed by atoms with van der Waals surface area (Å²) in [7, 11) is 0. The van der Waals surface area contributed by atoms with Gasteiger partial charge in [0.25, 0.3) is 0 Å². The molecule has 0 aliphatic carbocycles. The number of aliphatic hydroxyl groups excluding tert-OH is 1. The van der Waals surface area contributed by atoms with E-state index >= 15 is 0 Å². The second kappa shape index (κ2) is 5.42. The van der Waals surface area contributed by atoms with Gasteiger partial charge < -0.3 is 15.6 Å². The number of hydrogen-bond donors (Lipinski definition) is 2. The minimum absolute atomic E-state index is 0. The highest BCUT2D eigenvalue weighted by atomic mass is 35.5.